The Kier molecular flexibility index (Phi) is 10.4. The number of aromatic nitrogens is 5. The topological polar surface area (TPSA) is 153 Å². The highest BCUT2D eigenvalue weighted by Crippen LogP contribution is 2.51. The van der Waals surface area contributed by atoms with Crippen molar-refractivity contribution in [3.8, 4) is 23.0 Å². The van der Waals surface area contributed by atoms with E-state index in [1.807, 2.05) is 0 Å². The van der Waals surface area contributed by atoms with Crippen LogP contribution in [0.1, 0.15) is 79.5 Å². The predicted molar refractivity (Wildman–Crippen MR) is 190 cm³/mol. The van der Waals surface area contributed by atoms with E-state index in [1.54, 1.807) is 19.2 Å². The van der Waals surface area contributed by atoms with Crippen LogP contribution in [-0.2, 0) is 30.7 Å². The van der Waals surface area contributed by atoms with Crippen LogP contribution in [0.15, 0.2) is 42.5 Å². The number of anilines is 1. The molecule has 0 fully saturated rings. The molecule has 2 aromatic carbocycles. The van der Waals surface area contributed by atoms with Crippen molar-refractivity contribution in [1.29, 1.82) is 0 Å². The summed E-state index contributed by atoms with van der Waals surface area (Å²) in [6.45, 7) is 3.33. The van der Waals surface area contributed by atoms with Crippen molar-refractivity contribution in [2.45, 2.75) is 70.1 Å². The zero-order chi connectivity index (χ0) is 40.1. The normalized spacial score (nSPS) is 15.5. The summed E-state index contributed by atoms with van der Waals surface area (Å²) in [5.41, 5.74) is 3.19. The van der Waals surface area contributed by atoms with Gasteiger partial charge >= 0.3 is 6.03 Å². The van der Waals surface area contributed by atoms with Crippen LogP contribution in [-0.4, -0.2) is 47.2 Å². The van der Waals surface area contributed by atoms with Crippen LogP contribution in [0.3, 0.4) is 0 Å². The van der Waals surface area contributed by atoms with Crippen molar-refractivity contribution >= 4 is 40.3 Å². The van der Waals surface area contributed by atoms with Gasteiger partial charge in [0.25, 0.3) is 12.3 Å². The number of alkyl halides is 4. The number of fused-ring (bicyclic) bond motifs is 2. The highest BCUT2D eigenvalue weighted by molar-refractivity contribution is 6.37. The van der Waals surface area contributed by atoms with Crippen LogP contribution < -0.4 is 16.4 Å². The number of aryl methyl sites for hydroxylation is 1. The molecule has 1 aliphatic rings. The van der Waals surface area contributed by atoms with E-state index in [0.717, 1.165) is 12.1 Å². The van der Waals surface area contributed by atoms with Gasteiger partial charge in [-0.15, -0.1) is 0 Å². The lowest BCUT2D eigenvalue weighted by Crippen LogP contribution is -2.35. The van der Waals surface area contributed by atoms with Gasteiger partial charge in [-0.25, -0.2) is 27.3 Å². The molecule has 0 bridgehead atoms. The van der Waals surface area contributed by atoms with Gasteiger partial charge in [-0.3, -0.25) is 19.5 Å². The Balaban J connectivity index is 1.53. The van der Waals surface area contributed by atoms with Crippen molar-refractivity contribution in [2.24, 2.45) is 12.8 Å². The van der Waals surface area contributed by atoms with Crippen LogP contribution >= 0.6 is 11.6 Å². The number of benzene rings is 2. The van der Waals surface area contributed by atoms with E-state index in [9.17, 15) is 32.3 Å². The van der Waals surface area contributed by atoms with Gasteiger partial charge in [0, 0.05) is 36.2 Å². The second-order valence-corrected chi connectivity index (χ2v) is 14.1. The maximum atomic E-state index is 15.2. The van der Waals surface area contributed by atoms with E-state index in [-0.39, 0.29) is 45.2 Å². The number of hydrogen-bond donors (Lipinski definition) is 4. The smallest absolute Gasteiger partial charge is 0.317 e. The SMILES string of the molecule is C[C@H]1CC(F)(F)c2c1c(C(F)F)nn2CC(=O)N[C@@H](Cc1cc(F)cc(F)c1)c1nc(C#CC(C)(C)O)ccc1-c1ccc(Cl)c2c(NC(N)=O)nn(C)c12. The Morgan fingerprint density at radius 2 is 1.76 bits per heavy atom. The summed E-state index contributed by atoms with van der Waals surface area (Å²) in [4.78, 5) is 30.4. The van der Waals surface area contributed by atoms with Crippen LogP contribution in [0.25, 0.3) is 22.0 Å². The van der Waals surface area contributed by atoms with Crippen molar-refractivity contribution in [3.05, 3.63) is 93.0 Å². The third-order valence-electron chi connectivity index (χ3n) is 8.84. The molecule has 0 radical (unpaired) electrons. The number of nitrogens with one attached hydrogen (secondary N) is 2. The zero-order valence-electron chi connectivity index (χ0n) is 29.6. The van der Waals surface area contributed by atoms with Gasteiger partial charge in [-0.2, -0.15) is 19.0 Å². The highest BCUT2D eigenvalue weighted by atomic mass is 35.5. The number of hydrogen-bond acceptors (Lipinski definition) is 6. The summed E-state index contributed by atoms with van der Waals surface area (Å²) < 4.78 is 89.3. The fourth-order valence-corrected chi connectivity index (χ4v) is 7.08. The summed E-state index contributed by atoms with van der Waals surface area (Å²) >= 11 is 6.56. The van der Waals surface area contributed by atoms with E-state index in [0.29, 0.717) is 27.4 Å². The summed E-state index contributed by atoms with van der Waals surface area (Å²) in [5.74, 6) is -1.90. The summed E-state index contributed by atoms with van der Waals surface area (Å²) in [7, 11) is 1.56. The third kappa shape index (κ3) is 8.10. The third-order valence-corrected chi connectivity index (χ3v) is 9.15. The number of halogens is 7. The predicted octanol–water partition coefficient (Wildman–Crippen LogP) is 7.01. The number of rotatable bonds is 9. The average Bonchev–Trinajstić information content (AvgIpc) is 3.68. The van der Waals surface area contributed by atoms with Crippen LogP contribution in [0.5, 0.6) is 0 Å². The molecule has 6 rings (SSSR count). The van der Waals surface area contributed by atoms with Crippen molar-refractivity contribution in [2.75, 3.05) is 5.32 Å². The van der Waals surface area contributed by atoms with E-state index in [4.69, 9.17) is 22.3 Å². The first-order valence-corrected chi connectivity index (χ1v) is 17.1. The summed E-state index contributed by atoms with van der Waals surface area (Å²) in [6, 6.07) is 6.70. The molecular formula is C37H33ClF6N8O3. The molecule has 18 heteroatoms. The molecule has 0 aliphatic heterocycles. The number of urea groups is 1. The molecule has 3 aromatic heterocycles. The summed E-state index contributed by atoms with van der Waals surface area (Å²) in [5, 5.41) is 23.9. The Morgan fingerprint density at radius 1 is 1.09 bits per heavy atom. The maximum absolute atomic E-state index is 15.2. The number of amides is 3. The van der Waals surface area contributed by atoms with Crippen LogP contribution in [0, 0.1) is 23.5 Å². The largest absolute Gasteiger partial charge is 0.378 e. The minimum atomic E-state index is -3.55. The van der Waals surface area contributed by atoms with E-state index < -0.39 is 77.8 Å². The molecule has 3 amide bonds. The minimum absolute atomic E-state index is 0.0279. The molecule has 5 N–H and O–H groups in total. The molecule has 1 aliphatic carbocycles. The molecule has 0 spiro atoms. The van der Waals surface area contributed by atoms with Crippen molar-refractivity contribution in [1.82, 2.24) is 29.9 Å². The molecular weight excluding hydrogens is 754 g/mol. The first-order chi connectivity index (χ1) is 25.7. The molecule has 55 heavy (non-hydrogen) atoms. The lowest BCUT2D eigenvalue weighted by molar-refractivity contribution is -0.122. The fourth-order valence-electron chi connectivity index (χ4n) is 6.84. The number of nitrogens with two attached hydrogens (primary N) is 1. The van der Waals surface area contributed by atoms with Gasteiger partial charge in [0.2, 0.25) is 5.91 Å². The molecule has 288 valence electrons. The highest BCUT2D eigenvalue weighted by Gasteiger charge is 2.50. The standard InChI is InChI=1S/C37H33ClF6N8O3/c1-17-15-37(43,44)32-27(17)30(33(41)42)49-52(32)16-26(53)47-25(13-18-11-19(39)14-20(40)12-18)29-22(6-5-21(46-29)9-10-36(2,3)55)23-7-8-24(38)28-31(23)51(4)50-34(28)48-35(45)54/h5-8,11-12,14,17,25,33,55H,13,15-16H2,1-4H3,(H,47,53)(H3,45,48,50,54)/t17-,25-/m0/s1. The molecule has 0 saturated carbocycles. The van der Waals surface area contributed by atoms with E-state index >= 15 is 8.78 Å². The van der Waals surface area contributed by atoms with Crippen molar-refractivity contribution < 1.29 is 41.0 Å². The number of primary amides is 1. The second-order valence-electron chi connectivity index (χ2n) is 13.7. The lowest BCUT2D eigenvalue weighted by Gasteiger charge is -2.23. The zero-order valence-corrected chi connectivity index (χ0v) is 30.4. The Hall–Kier alpha value is -5.60. The number of carbonyl (C=O) groups excluding carboxylic acids is 2. The van der Waals surface area contributed by atoms with Gasteiger partial charge < -0.3 is 16.2 Å². The molecule has 3 heterocycles. The molecule has 0 unspecified atom stereocenters. The number of nitrogens with zero attached hydrogens (tertiary/aromatic N) is 5. The lowest BCUT2D eigenvalue weighted by atomic mass is 9.93. The quantitative estimate of drug-likeness (QED) is 0.0932. The number of pyridine rings is 1. The van der Waals surface area contributed by atoms with Gasteiger partial charge in [0.15, 0.2) is 5.82 Å². The van der Waals surface area contributed by atoms with Gasteiger partial charge in [-0.05, 0) is 68.0 Å². The van der Waals surface area contributed by atoms with Crippen LogP contribution in [0.4, 0.5) is 37.0 Å². The van der Waals surface area contributed by atoms with Crippen LogP contribution in [0.2, 0.25) is 5.02 Å². The van der Waals surface area contributed by atoms with Crippen molar-refractivity contribution in [3.63, 3.8) is 0 Å². The van der Waals surface area contributed by atoms with Gasteiger partial charge in [0.1, 0.15) is 40.9 Å². The van der Waals surface area contributed by atoms with Gasteiger partial charge in [-0.1, -0.05) is 30.5 Å². The van der Waals surface area contributed by atoms with E-state index in [2.05, 4.69) is 32.7 Å². The monoisotopic (exact) mass is 786 g/mol. The van der Waals surface area contributed by atoms with E-state index in [1.165, 1.54) is 37.6 Å². The molecule has 2 atom stereocenters. The Morgan fingerprint density at radius 3 is 2.40 bits per heavy atom. The minimum Gasteiger partial charge on any atom is -0.378 e. The second kappa shape index (κ2) is 14.6. The first kappa shape index (κ1) is 39.1. The number of carbonyl (C=O) groups is 2. The maximum Gasteiger partial charge on any atom is 0.317 e. The average molecular weight is 787 g/mol. The number of aliphatic hydroxyl groups is 1. The summed E-state index contributed by atoms with van der Waals surface area (Å²) in [6.07, 6.45) is -4.26. The first-order valence-electron chi connectivity index (χ1n) is 16.7. The molecule has 5 aromatic rings. The fraction of sp³-hybridized carbons (Fsp3) is 0.324. The Labute approximate surface area is 314 Å². The molecule has 0 saturated heterocycles. The molecule has 11 nitrogen and oxygen atoms in total. The van der Waals surface area contributed by atoms with Gasteiger partial charge in [0.05, 0.1) is 27.7 Å². The Bertz CT molecular complexity index is 2390.